The molecule has 0 bridgehead atoms. The van der Waals surface area contributed by atoms with E-state index in [0.29, 0.717) is 28.0 Å². The minimum absolute atomic E-state index is 0.174. The first-order valence-electron chi connectivity index (χ1n) is 10.4. The smallest absolute Gasteiger partial charge is 0.493 e. The Kier molecular flexibility index (Phi) is 5.35. The molecule has 1 aliphatic rings. The van der Waals surface area contributed by atoms with Gasteiger partial charge in [0.2, 0.25) is 0 Å². The van der Waals surface area contributed by atoms with Crippen molar-refractivity contribution in [2.45, 2.75) is 50.7 Å². The fourth-order valence-electron chi connectivity index (χ4n) is 3.74. The van der Waals surface area contributed by atoms with Crippen LogP contribution in [-0.2, 0) is 19.3 Å². The molecular weight excluding hydrogens is 429 g/mol. The molecule has 0 N–H and O–H groups in total. The molecule has 3 aromatic rings. The SMILES string of the molecule is COc1cc2cc(B3OC(C)(C)C(C)(C)O3)n(S(=O)(=O)c3ccc(C)cc3)c2cc1OC. The monoisotopic (exact) mass is 457 g/mol. The Balaban J connectivity index is 2.00. The van der Waals surface area contributed by atoms with Crippen molar-refractivity contribution in [2.75, 3.05) is 14.2 Å². The maximum absolute atomic E-state index is 13.9. The molecule has 0 unspecified atom stereocenters. The molecule has 4 rings (SSSR count). The highest BCUT2D eigenvalue weighted by molar-refractivity contribution is 7.90. The van der Waals surface area contributed by atoms with E-state index in [0.717, 1.165) is 5.56 Å². The van der Waals surface area contributed by atoms with E-state index in [-0.39, 0.29) is 4.90 Å². The number of hydrogen-bond donors (Lipinski definition) is 0. The van der Waals surface area contributed by atoms with E-state index >= 15 is 0 Å². The first-order chi connectivity index (χ1) is 14.9. The highest BCUT2D eigenvalue weighted by atomic mass is 32.2. The molecule has 7 nitrogen and oxygen atoms in total. The number of methoxy groups -OCH3 is 2. The summed E-state index contributed by atoms with van der Waals surface area (Å²) in [7, 11) is -1.78. The number of aromatic nitrogens is 1. The zero-order chi connectivity index (χ0) is 23.5. The molecule has 0 aliphatic carbocycles. The summed E-state index contributed by atoms with van der Waals surface area (Å²) in [6, 6.07) is 11.9. The second kappa shape index (κ2) is 7.54. The number of ether oxygens (including phenoxy) is 2. The summed E-state index contributed by atoms with van der Waals surface area (Å²) in [6.45, 7) is 9.64. The van der Waals surface area contributed by atoms with Crippen LogP contribution in [0.25, 0.3) is 10.9 Å². The van der Waals surface area contributed by atoms with Crippen molar-refractivity contribution in [1.29, 1.82) is 0 Å². The maximum atomic E-state index is 13.9. The van der Waals surface area contributed by atoms with Gasteiger partial charge in [-0.05, 0) is 58.9 Å². The van der Waals surface area contributed by atoms with Crippen LogP contribution in [0.2, 0.25) is 0 Å². The number of aryl methyl sites for hydroxylation is 1. The molecule has 0 atom stereocenters. The van der Waals surface area contributed by atoms with Gasteiger partial charge in [-0.15, -0.1) is 0 Å². The largest absolute Gasteiger partial charge is 0.513 e. The summed E-state index contributed by atoms with van der Waals surface area (Å²) in [5.41, 5.74) is 0.561. The van der Waals surface area contributed by atoms with E-state index in [1.54, 1.807) is 49.6 Å². The normalized spacial score (nSPS) is 17.7. The van der Waals surface area contributed by atoms with Crippen molar-refractivity contribution in [3.8, 4) is 11.5 Å². The van der Waals surface area contributed by atoms with Crippen molar-refractivity contribution in [2.24, 2.45) is 0 Å². The second-order valence-corrected chi connectivity index (χ2v) is 10.8. The quantitative estimate of drug-likeness (QED) is 0.546. The fourth-order valence-corrected chi connectivity index (χ4v) is 5.27. The topological polar surface area (TPSA) is 76.0 Å². The molecule has 0 saturated carbocycles. The Hall–Kier alpha value is -2.49. The molecule has 1 aliphatic heterocycles. The van der Waals surface area contributed by atoms with Gasteiger partial charge in [0, 0.05) is 11.5 Å². The standard InChI is InChI=1S/C23H28BNO6S/c1-15-8-10-17(11-9-15)32(26,27)25-18-14-20(29-7)19(28-6)12-16(18)13-21(25)24-30-22(2,3)23(4,5)31-24/h8-14H,1-7H3. The Bertz CT molecular complexity index is 1260. The van der Waals surface area contributed by atoms with Crippen molar-refractivity contribution in [3.05, 3.63) is 48.0 Å². The van der Waals surface area contributed by atoms with Gasteiger partial charge < -0.3 is 18.8 Å². The molecule has 170 valence electrons. The van der Waals surface area contributed by atoms with Gasteiger partial charge in [0.25, 0.3) is 10.0 Å². The van der Waals surface area contributed by atoms with E-state index in [4.69, 9.17) is 18.8 Å². The van der Waals surface area contributed by atoms with Gasteiger partial charge in [-0.25, -0.2) is 12.4 Å². The van der Waals surface area contributed by atoms with Gasteiger partial charge in [-0.1, -0.05) is 17.7 Å². The first kappa shape index (κ1) is 22.7. The summed E-state index contributed by atoms with van der Waals surface area (Å²) in [5.74, 6) is 0.935. The maximum Gasteiger partial charge on any atom is 0.513 e. The molecule has 0 amide bonds. The highest BCUT2D eigenvalue weighted by Gasteiger charge is 2.53. The average Bonchev–Trinajstić information content (AvgIpc) is 3.20. The summed E-state index contributed by atoms with van der Waals surface area (Å²) in [5, 5.41) is 0.669. The van der Waals surface area contributed by atoms with Gasteiger partial charge in [0.15, 0.2) is 11.5 Å². The summed E-state index contributed by atoms with van der Waals surface area (Å²) in [4.78, 5) is 0.174. The van der Waals surface area contributed by atoms with Crippen LogP contribution in [0.5, 0.6) is 11.5 Å². The molecule has 9 heteroatoms. The lowest BCUT2D eigenvalue weighted by molar-refractivity contribution is 0.00578. The number of rotatable bonds is 5. The zero-order valence-corrected chi connectivity index (χ0v) is 20.2. The van der Waals surface area contributed by atoms with Gasteiger partial charge in [0.05, 0.1) is 41.4 Å². The second-order valence-electron chi connectivity index (χ2n) is 9.01. The Labute approximate surface area is 189 Å². The number of hydrogen-bond acceptors (Lipinski definition) is 6. The Morgan fingerprint density at radius 1 is 0.875 bits per heavy atom. The predicted molar refractivity (Wildman–Crippen MR) is 125 cm³/mol. The Morgan fingerprint density at radius 3 is 1.94 bits per heavy atom. The minimum Gasteiger partial charge on any atom is -0.493 e. The van der Waals surface area contributed by atoms with E-state index in [1.807, 2.05) is 34.6 Å². The first-order valence-corrected chi connectivity index (χ1v) is 11.8. The van der Waals surface area contributed by atoms with Crippen LogP contribution in [0.15, 0.2) is 47.4 Å². The zero-order valence-electron chi connectivity index (χ0n) is 19.4. The third kappa shape index (κ3) is 3.48. The lowest BCUT2D eigenvalue weighted by Gasteiger charge is -2.32. The molecule has 32 heavy (non-hydrogen) atoms. The molecule has 2 heterocycles. The van der Waals surface area contributed by atoms with Gasteiger partial charge in [0.1, 0.15) is 0 Å². The molecule has 1 aromatic heterocycles. The summed E-state index contributed by atoms with van der Waals surface area (Å²) >= 11 is 0. The Morgan fingerprint density at radius 2 is 1.41 bits per heavy atom. The molecule has 0 spiro atoms. The van der Waals surface area contributed by atoms with Crippen LogP contribution < -0.4 is 15.1 Å². The number of nitrogens with zero attached hydrogens (tertiary/aromatic N) is 1. The van der Waals surface area contributed by atoms with Crippen molar-refractivity contribution in [1.82, 2.24) is 3.97 Å². The lowest BCUT2D eigenvalue weighted by Crippen LogP contribution is -2.41. The van der Waals surface area contributed by atoms with E-state index in [2.05, 4.69) is 0 Å². The lowest BCUT2D eigenvalue weighted by atomic mass is 9.85. The third-order valence-electron chi connectivity index (χ3n) is 6.34. The van der Waals surface area contributed by atoms with Crippen molar-refractivity contribution < 1.29 is 27.2 Å². The number of benzene rings is 2. The summed E-state index contributed by atoms with van der Waals surface area (Å²) in [6.07, 6.45) is 0. The van der Waals surface area contributed by atoms with Crippen molar-refractivity contribution in [3.63, 3.8) is 0 Å². The minimum atomic E-state index is -3.97. The highest BCUT2D eigenvalue weighted by Crippen LogP contribution is 2.38. The fraction of sp³-hybridized carbons (Fsp3) is 0.391. The van der Waals surface area contributed by atoms with Crippen LogP contribution in [-0.4, -0.2) is 44.9 Å². The van der Waals surface area contributed by atoms with Crippen LogP contribution in [0.4, 0.5) is 0 Å². The summed E-state index contributed by atoms with van der Waals surface area (Å²) < 4.78 is 52.3. The van der Waals surface area contributed by atoms with E-state index in [1.165, 1.54) is 11.1 Å². The van der Waals surface area contributed by atoms with Crippen LogP contribution in [0.1, 0.15) is 33.3 Å². The molecular formula is C23H28BNO6S. The van der Waals surface area contributed by atoms with E-state index < -0.39 is 28.3 Å². The molecule has 0 radical (unpaired) electrons. The van der Waals surface area contributed by atoms with Crippen molar-refractivity contribution >= 4 is 33.6 Å². The third-order valence-corrected chi connectivity index (χ3v) is 8.10. The number of fused-ring (bicyclic) bond motifs is 1. The molecule has 2 aromatic carbocycles. The van der Waals surface area contributed by atoms with Gasteiger partial charge in [-0.3, -0.25) is 0 Å². The predicted octanol–water partition coefficient (Wildman–Crippen LogP) is 3.50. The van der Waals surface area contributed by atoms with Gasteiger partial charge >= 0.3 is 7.12 Å². The molecule has 1 saturated heterocycles. The molecule has 1 fully saturated rings. The average molecular weight is 457 g/mol. The van der Waals surface area contributed by atoms with Crippen LogP contribution in [0, 0.1) is 6.92 Å². The van der Waals surface area contributed by atoms with Crippen LogP contribution >= 0.6 is 0 Å². The van der Waals surface area contributed by atoms with Gasteiger partial charge in [-0.2, -0.15) is 0 Å². The van der Waals surface area contributed by atoms with E-state index in [9.17, 15) is 8.42 Å². The van der Waals surface area contributed by atoms with Crippen LogP contribution in [0.3, 0.4) is 0 Å².